The average molecular weight is 437 g/mol. The molecule has 4 heterocycles. The molecular weight excluding hydrogens is 422 g/mol. The van der Waals surface area contributed by atoms with Gasteiger partial charge in [0.25, 0.3) is 0 Å². The number of aromatic nitrogens is 3. The van der Waals surface area contributed by atoms with E-state index < -0.39 is 0 Å². The highest BCUT2D eigenvalue weighted by atomic mass is 16.3. The molecular formula is C29H15N3O2. The van der Waals surface area contributed by atoms with Gasteiger partial charge in [-0.2, -0.15) is 0 Å². The van der Waals surface area contributed by atoms with E-state index in [1.807, 2.05) is 48.7 Å². The van der Waals surface area contributed by atoms with Gasteiger partial charge in [-0.25, -0.2) is 0 Å². The number of para-hydroxylation sites is 2. The molecule has 1 aliphatic carbocycles. The fourth-order valence-corrected chi connectivity index (χ4v) is 5.36. The zero-order valence-corrected chi connectivity index (χ0v) is 17.8. The first-order valence-electron chi connectivity index (χ1n) is 11.1. The Labute approximate surface area is 192 Å². The van der Waals surface area contributed by atoms with Crippen molar-refractivity contribution >= 4 is 49.5 Å². The van der Waals surface area contributed by atoms with Crippen LogP contribution in [0.15, 0.2) is 95.7 Å². The van der Waals surface area contributed by atoms with Gasteiger partial charge in [-0.3, -0.25) is 14.8 Å². The fraction of sp³-hybridized carbons (Fsp3) is 0. The molecule has 0 amide bonds. The van der Waals surface area contributed by atoms with E-state index in [-0.39, 0.29) is 5.78 Å². The topological polar surface area (TPSA) is 60.9 Å². The zero-order valence-electron chi connectivity index (χ0n) is 17.8. The highest BCUT2D eigenvalue weighted by Crippen LogP contribution is 2.41. The summed E-state index contributed by atoms with van der Waals surface area (Å²) in [7, 11) is 0. The summed E-state index contributed by atoms with van der Waals surface area (Å²) >= 11 is 0. The SMILES string of the molecule is O=C1c2cccnc2-c2ncc(-n3c4ccccc4c4ccc5c6ccccc6oc5c43)cc21. The van der Waals surface area contributed by atoms with Crippen LogP contribution in [0.25, 0.3) is 60.8 Å². The van der Waals surface area contributed by atoms with E-state index in [4.69, 9.17) is 9.40 Å². The fourth-order valence-electron chi connectivity index (χ4n) is 5.36. The van der Waals surface area contributed by atoms with Crippen molar-refractivity contribution in [1.82, 2.24) is 14.5 Å². The van der Waals surface area contributed by atoms with Gasteiger partial charge in [0.05, 0.1) is 34.0 Å². The molecule has 8 rings (SSSR count). The molecule has 0 spiro atoms. The van der Waals surface area contributed by atoms with Crippen LogP contribution in [0.4, 0.5) is 0 Å². The lowest BCUT2D eigenvalue weighted by Crippen LogP contribution is -2.00. The minimum Gasteiger partial charge on any atom is -0.454 e. The third kappa shape index (κ3) is 2.11. The molecule has 0 saturated carbocycles. The van der Waals surface area contributed by atoms with E-state index in [1.165, 1.54) is 0 Å². The number of fused-ring (bicyclic) bond motifs is 10. The molecule has 4 aromatic heterocycles. The lowest BCUT2D eigenvalue weighted by atomic mass is 10.1. The molecule has 7 aromatic rings. The van der Waals surface area contributed by atoms with Gasteiger partial charge < -0.3 is 8.98 Å². The lowest BCUT2D eigenvalue weighted by molar-refractivity contribution is 0.104. The molecule has 5 heteroatoms. The molecule has 34 heavy (non-hydrogen) atoms. The van der Waals surface area contributed by atoms with Gasteiger partial charge in [0.15, 0.2) is 11.4 Å². The number of hydrogen-bond acceptors (Lipinski definition) is 4. The Kier molecular flexibility index (Phi) is 3.22. The maximum Gasteiger partial charge on any atom is 0.197 e. The van der Waals surface area contributed by atoms with Gasteiger partial charge in [0.1, 0.15) is 17.0 Å². The summed E-state index contributed by atoms with van der Waals surface area (Å²) < 4.78 is 8.56. The van der Waals surface area contributed by atoms with Crippen molar-refractivity contribution in [1.29, 1.82) is 0 Å². The molecule has 0 radical (unpaired) electrons. The summed E-state index contributed by atoms with van der Waals surface area (Å²) in [5.74, 6) is -0.0397. The van der Waals surface area contributed by atoms with Crippen molar-refractivity contribution in [3.63, 3.8) is 0 Å². The summed E-state index contributed by atoms with van der Waals surface area (Å²) in [6.07, 6.45) is 3.52. The number of furan rings is 1. The minimum atomic E-state index is -0.0397. The van der Waals surface area contributed by atoms with Crippen molar-refractivity contribution in [2.75, 3.05) is 0 Å². The largest absolute Gasteiger partial charge is 0.454 e. The van der Waals surface area contributed by atoms with Crippen molar-refractivity contribution in [3.8, 4) is 17.1 Å². The number of pyridine rings is 2. The normalized spacial score (nSPS) is 12.8. The van der Waals surface area contributed by atoms with E-state index >= 15 is 0 Å². The van der Waals surface area contributed by atoms with Gasteiger partial charge in [-0.15, -0.1) is 0 Å². The number of rotatable bonds is 1. The Bertz CT molecular complexity index is 1990. The molecule has 0 bridgehead atoms. The van der Waals surface area contributed by atoms with Crippen LogP contribution < -0.4 is 0 Å². The van der Waals surface area contributed by atoms with E-state index in [2.05, 4.69) is 39.9 Å². The second-order valence-electron chi connectivity index (χ2n) is 8.61. The highest BCUT2D eigenvalue weighted by molar-refractivity contribution is 6.22. The quantitative estimate of drug-likeness (QED) is 0.287. The number of ketones is 1. The second-order valence-corrected chi connectivity index (χ2v) is 8.61. The van der Waals surface area contributed by atoms with Crippen LogP contribution in [-0.4, -0.2) is 20.3 Å². The Balaban J connectivity index is 1.51. The average Bonchev–Trinajstić information content (AvgIpc) is 3.52. The summed E-state index contributed by atoms with van der Waals surface area (Å²) in [5, 5.41) is 4.37. The van der Waals surface area contributed by atoms with Gasteiger partial charge in [0, 0.05) is 27.7 Å². The predicted molar refractivity (Wildman–Crippen MR) is 133 cm³/mol. The first kappa shape index (κ1) is 17.7. The van der Waals surface area contributed by atoms with Crippen molar-refractivity contribution in [2.45, 2.75) is 0 Å². The molecule has 3 aromatic carbocycles. The maximum atomic E-state index is 13.2. The van der Waals surface area contributed by atoms with E-state index in [1.54, 1.807) is 12.3 Å². The highest BCUT2D eigenvalue weighted by Gasteiger charge is 2.30. The van der Waals surface area contributed by atoms with Crippen molar-refractivity contribution in [3.05, 3.63) is 102 Å². The van der Waals surface area contributed by atoms with Gasteiger partial charge in [-0.05, 0) is 36.4 Å². The van der Waals surface area contributed by atoms with Crippen molar-refractivity contribution < 1.29 is 9.21 Å². The molecule has 0 N–H and O–H groups in total. The van der Waals surface area contributed by atoms with Gasteiger partial charge >= 0.3 is 0 Å². The maximum absolute atomic E-state index is 13.2. The Hall–Kier alpha value is -4.77. The van der Waals surface area contributed by atoms with Crippen LogP contribution in [0.2, 0.25) is 0 Å². The second kappa shape index (κ2) is 6.17. The Morgan fingerprint density at radius 3 is 2.44 bits per heavy atom. The molecule has 1 aliphatic rings. The van der Waals surface area contributed by atoms with Gasteiger partial charge in [0.2, 0.25) is 0 Å². The number of hydrogen-bond donors (Lipinski definition) is 0. The summed E-state index contributed by atoms with van der Waals surface area (Å²) in [4.78, 5) is 22.3. The lowest BCUT2D eigenvalue weighted by Gasteiger charge is -2.09. The van der Waals surface area contributed by atoms with Crippen LogP contribution in [0.3, 0.4) is 0 Å². The third-order valence-corrected chi connectivity index (χ3v) is 6.83. The van der Waals surface area contributed by atoms with E-state index in [0.29, 0.717) is 22.5 Å². The molecule has 158 valence electrons. The zero-order chi connectivity index (χ0) is 22.4. The smallest absolute Gasteiger partial charge is 0.197 e. The predicted octanol–water partition coefficient (Wildman–Crippen LogP) is 6.68. The standard InChI is InChI=1S/C29H15N3O2/c33-28-21-8-5-13-30-25(21)26-22(28)14-16(15-31-26)32-23-9-3-1-6-17(23)19-11-12-20-18-7-2-4-10-24(18)34-29(20)27(19)32/h1-15H. The van der Waals surface area contributed by atoms with Crippen molar-refractivity contribution in [2.24, 2.45) is 0 Å². The number of carbonyl (C=O) groups excluding carboxylic acids is 1. The molecule has 0 unspecified atom stereocenters. The van der Waals surface area contributed by atoms with Crippen LogP contribution in [0.5, 0.6) is 0 Å². The summed E-state index contributed by atoms with van der Waals surface area (Å²) in [6, 6.07) is 26.2. The first-order chi connectivity index (χ1) is 16.8. The van der Waals surface area contributed by atoms with Gasteiger partial charge in [-0.1, -0.05) is 42.5 Å². The monoisotopic (exact) mass is 437 g/mol. The van der Waals surface area contributed by atoms with E-state index in [9.17, 15) is 4.79 Å². The number of nitrogens with zero attached hydrogens (tertiary/aromatic N) is 3. The van der Waals surface area contributed by atoms with Crippen LogP contribution in [-0.2, 0) is 0 Å². The van der Waals surface area contributed by atoms with Crippen LogP contribution >= 0.6 is 0 Å². The van der Waals surface area contributed by atoms with Crippen LogP contribution in [0.1, 0.15) is 15.9 Å². The molecule has 0 saturated heterocycles. The third-order valence-electron chi connectivity index (χ3n) is 6.83. The number of carbonyl (C=O) groups is 1. The van der Waals surface area contributed by atoms with Crippen LogP contribution in [0, 0.1) is 0 Å². The summed E-state index contributed by atoms with van der Waals surface area (Å²) in [5.41, 5.74) is 6.97. The number of benzene rings is 3. The Morgan fingerprint density at radius 1 is 0.706 bits per heavy atom. The Morgan fingerprint density at radius 2 is 1.50 bits per heavy atom. The minimum absolute atomic E-state index is 0.0397. The molecule has 0 atom stereocenters. The molecule has 0 aliphatic heterocycles. The first-order valence-corrected chi connectivity index (χ1v) is 11.1. The van der Waals surface area contributed by atoms with E-state index in [0.717, 1.165) is 49.4 Å². The molecule has 0 fully saturated rings. The summed E-state index contributed by atoms with van der Waals surface area (Å²) in [6.45, 7) is 0. The molecule has 5 nitrogen and oxygen atoms in total.